The summed E-state index contributed by atoms with van der Waals surface area (Å²) in [6, 6.07) is 1.87. The minimum absolute atomic E-state index is 0.686. The lowest BCUT2D eigenvalue weighted by Gasteiger charge is -2.03. The van der Waals surface area contributed by atoms with Gasteiger partial charge in [-0.1, -0.05) is 13.8 Å². The Morgan fingerprint density at radius 3 is 2.95 bits per heavy atom. The standard InChI is InChI=1S/C14H17N5/c1-11(2)4-7-18-10-12(8-16-18)13-9-17-19-6-3-5-15-14(13)19/h3,5-6,8-11H,4,7H2,1-2H3. The van der Waals surface area contributed by atoms with E-state index in [-0.39, 0.29) is 0 Å². The van der Waals surface area contributed by atoms with E-state index in [0.29, 0.717) is 5.92 Å². The van der Waals surface area contributed by atoms with Gasteiger partial charge in [-0.3, -0.25) is 4.68 Å². The number of rotatable bonds is 4. The highest BCUT2D eigenvalue weighted by molar-refractivity contribution is 5.75. The summed E-state index contributed by atoms with van der Waals surface area (Å²) in [6.07, 6.45) is 10.6. The van der Waals surface area contributed by atoms with Gasteiger partial charge >= 0.3 is 0 Å². The summed E-state index contributed by atoms with van der Waals surface area (Å²) in [7, 11) is 0. The van der Waals surface area contributed by atoms with Crippen molar-refractivity contribution in [2.75, 3.05) is 0 Å². The molecule has 0 unspecified atom stereocenters. The van der Waals surface area contributed by atoms with E-state index in [0.717, 1.165) is 29.7 Å². The Kier molecular flexibility index (Phi) is 3.03. The molecule has 0 saturated heterocycles. The largest absolute Gasteiger partial charge is 0.272 e. The number of aromatic nitrogens is 5. The van der Waals surface area contributed by atoms with E-state index in [4.69, 9.17) is 0 Å². The van der Waals surface area contributed by atoms with Crippen molar-refractivity contribution in [2.45, 2.75) is 26.8 Å². The SMILES string of the molecule is CC(C)CCn1cc(-c2cnn3cccnc23)cn1. The fourth-order valence-corrected chi connectivity index (χ4v) is 2.05. The van der Waals surface area contributed by atoms with Crippen LogP contribution in [0.25, 0.3) is 16.8 Å². The minimum atomic E-state index is 0.686. The molecular formula is C14H17N5. The third-order valence-corrected chi connectivity index (χ3v) is 3.16. The van der Waals surface area contributed by atoms with Gasteiger partial charge in [-0.2, -0.15) is 10.2 Å². The molecule has 0 radical (unpaired) electrons. The minimum Gasteiger partial charge on any atom is -0.272 e. The maximum atomic E-state index is 4.40. The first-order chi connectivity index (χ1) is 9.24. The zero-order chi connectivity index (χ0) is 13.2. The van der Waals surface area contributed by atoms with E-state index in [1.807, 2.05) is 29.3 Å². The Hall–Kier alpha value is -2.17. The zero-order valence-corrected chi connectivity index (χ0v) is 11.2. The van der Waals surface area contributed by atoms with Crippen LogP contribution in [-0.2, 0) is 6.54 Å². The van der Waals surface area contributed by atoms with Gasteiger partial charge in [-0.05, 0) is 18.4 Å². The second-order valence-electron chi connectivity index (χ2n) is 5.12. The third-order valence-electron chi connectivity index (χ3n) is 3.16. The van der Waals surface area contributed by atoms with Crippen LogP contribution in [0.4, 0.5) is 0 Å². The molecule has 0 bridgehead atoms. The molecule has 3 aromatic rings. The van der Waals surface area contributed by atoms with Crippen LogP contribution in [-0.4, -0.2) is 24.4 Å². The van der Waals surface area contributed by atoms with E-state index in [1.54, 1.807) is 10.7 Å². The number of nitrogens with zero attached hydrogens (tertiary/aromatic N) is 5. The van der Waals surface area contributed by atoms with E-state index >= 15 is 0 Å². The van der Waals surface area contributed by atoms with Gasteiger partial charge < -0.3 is 0 Å². The first-order valence-electron chi connectivity index (χ1n) is 6.55. The van der Waals surface area contributed by atoms with Gasteiger partial charge in [0, 0.05) is 36.3 Å². The molecule has 19 heavy (non-hydrogen) atoms. The van der Waals surface area contributed by atoms with Crippen LogP contribution in [0.2, 0.25) is 0 Å². The molecule has 3 aromatic heterocycles. The normalized spacial score (nSPS) is 11.5. The lowest BCUT2D eigenvalue weighted by Crippen LogP contribution is -2.01. The molecule has 0 amide bonds. The van der Waals surface area contributed by atoms with Crippen molar-refractivity contribution in [3.05, 3.63) is 37.1 Å². The predicted octanol–water partition coefficient (Wildman–Crippen LogP) is 2.64. The summed E-state index contributed by atoms with van der Waals surface area (Å²) >= 11 is 0. The van der Waals surface area contributed by atoms with Crippen molar-refractivity contribution < 1.29 is 0 Å². The van der Waals surface area contributed by atoms with Crippen molar-refractivity contribution in [3.8, 4) is 11.1 Å². The molecule has 0 saturated carbocycles. The molecule has 3 heterocycles. The number of fused-ring (bicyclic) bond motifs is 1. The highest BCUT2D eigenvalue weighted by atomic mass is 15.3. The second-order valence-corrected chi connectivity index (χ2v) is 5.12. The van der Waals surface area contributed by atoms with E-state index in [2.05, 4.69) is 35.2 Å². The van der Waals surface area contributed by atoms with Crippen LogP contribution in [0.1, 0.15) is 20.3 Å². The first-order valence-corrected chi connectivity index (χ1v) is 6.55. The molecule has 3 rings (SSSR count). The molecule has 98 valence electrons. The molecule has 0 atom stereocenters. The van der Waals surface area contributed by atoms with Crippen LogP contribution in [0, 0.1) is 5.92 Å². The van der Waals surface area contributed by atoms with Crippen LogP contribution < -0.4 is 0 Å². The highest BCUT2D eigenvalue weighted by Gasteiger charge is 2.09. The molecule has 0 aliphatic carbocycles. The monoisotopic (exact) mass is 255 g/mol. The molecule has 0 spiro atoms. The average molecular weight is 255 g/mol. The summed E-state index contributed by atoms with van der Waals surface area (Å²) < 4.78 is 3.77. The molecule has 0 aliphatic heterocycles. The maximum absolute atomic E-state index is 4.40. The van der Waals surface area contributed by atoms with Gasteiger partial charge in [0.25, 0.3) is 0 Å². The molecule has 5 nitrogen and oxygen atoms in total. The molecule has 0 aromatic carbocycles. The van der Waals surface area contributed by atoms with Crippen molar-refractivity contribution >= 4 is 5.65 Å². The van der Waals surface area contributed by atoms with Crippen LogP contribution in [0.15, 0.2) is 37.1 Å². The fraction of sp³-hybridized carbons (Fsp3) is 0.357. The smallest absolute Gasteiger partial charge is 0.162 e. The van der Waals surface area contributed by atoms with Gasteiger partial charge in [0.2, 0.25) is 0 Å². The Labute approximate surface area is 111 Å². The summed E-state index contributed by atoms with van der Waals surface area (Å²) in [6.45, 7) is 5.39. The third kappa shape index (κ3) is 2.36. The van der Waals surface area contributed by atoms with Crippen LogP contribution >= 0.6 is 0 Å². The summed E-state index contributed by atoms with van der Waals surface area (Å²) in [5, 5.41) is 8.70. The Balaban J connectivity index is 1.90. The van der Waals surface area contributed by atoms with Crippen molar-refractivity contribution in [1.29, 1.82) is 0 Å². The van der Waals surface area contributed by atoms with Crippen molar-refractivity contribution in [2.24, 2.45) is 5.92 Å². The molecule has 0 N–H and O–H groups in total. The number of aryl methyl sites for hydroxylation is 1. The number of hydrogen-bond donors (Lipinski definition) is 0. The van der Waals surface area contributed by atoms with Crippen LogP contribution in [0.5, 0.6) is 0 Å². The first kappa shape index (κ1) is 11.9. The topological polar surface area (TPSA) is 48.0 Å². The molecule has 0 aliphatic rings. The van der Waals surface area contributed by atoms with Crippen molar-refractivity contribution in [3.63, 3.8) is 0 Å². The van der Waals surface area contributed by atoms with Gasteiger partial charge in [-0.25, -0.2) is 9.50 Å². The number of hydrogen-bond acceptors (Lipinski definition) is 3. The van der Waals surface area contributed by atoms with Gasteiger partial charge in [0.15, 0.2) is 5.65 Å². The van der Waals surface area contributed by atoms with E-state index < -0.39 is 0 Å². The lowest BCUT2D eigenvalue weighted by molar-refractivity contribution is 0.487. The lowest BCUT2D eigenvalue weighted by atomic mass is 10.1. The fourth-order valence-electron chi connectivity index (χ4n) is 2.05. The summed E-state index contributed by atoms with van der Waals surface area (Å²) in [5.41, 5.74) is 2.96. The van der Waals surface area contributed by atoms with Crippen molar-refractivity contribution in [1.82, 2.24) is 24.4 Å². The van der Waals surface area contributed by atoms with E-state index in [1.165, 1.54) is 0 Å². The predicted molar refractivity (Wildman–Crippen MR) is 73.7 cm³/mol. The molecule has 0 fully saturated rings. The Bertz CT molecular complexity index is 680. The second kappa shape index (κ2) is 4.84. The zero-order valence-electron chi connectivity index (χ0n) is 11.2. The van der Waals surface area contributed by atoms with Gasteiger partial charge in [0.05, 0.1) is 12.4 Å². The summed E-state index contributed by atoms with van der Waals surface area (Å²) in [4.78, 5) is 4.36. The Morgan fingerprint density at radius 2 is 2.11 bits per heavy atom. The van der Waals surface area contributed by atoms with Gasteiger partial charge in [0.1, 0.15) is 0 Å². The molecular weight excluding hydrogens is 238 g/mol. The quantitative estimate of drug-likeness (QED) is 0.720. The van der Waals surface area contributed by atoms with Gasteiger partial charge in [-0.15, -0.1) is 0 Å². The highest BCUT2D eigenvalue weighted by Crippen LogP contribution is 2.22. The van der Waals surface area contributed by atoms with E-state index in [9.17, 15) is 0 Å². The maximum Gasteiger partial charge on any atom is 0.162 e. The molecule has 5 heteroatoms. The Morgan fingerprint density at radius 1 is 1.21 bits per heavy atom. The van der Waals surface area contributed by atoms with Crippen LogP contribution in [0.3, 0.4) is 0 Å². The average Bonchev–Trinajstić information content (AvgIpc) is 3.02. The summed E-state index contributed by atoms with van der Waals surface area (Å²) in [5.74, 6) is 0.686.